The number of carbonyl (C=O) groups excluding carboxylic acids is 2. The molecule has 2 aliphatic rings. The monoisotopic (exact) mass is 632 g/mol. The van der Waals surface area contributed by atoms with Gasteiger partial charge in [0, 0.05) is 56.8 Å². The summed E-state index contributed by atoms with van der Waals surface area (Å²) in [5, 5.41) is 12.8. The van der Waals surface area contributed by atoms with Gasteiger partial charge in [0.25, 0.3) is 0 Å². The van der Waals surface area contributed by atoms with Crippen LogP contribution in [-0.4, -0.2) is 118 Å². The predicted octanol–water partition coefficient (Wildman–Crippen LogP) is 1.83. The normalized spacial score (nSPS) is 20.6. The van der Waals surface area contributed by atoms with Crippen LogP contribution in [0.1, 0.15) is 25.8 Å². The molecule has 12 nitrogen and oxygen atoms in total. The predicted molar refractivity (Wildman–Crippen MR) is 165 cm³/mol. The molecule has 0 radical (unpaired) electrons. The van der Waals surface area contributed by atoms with E-state index in [1.807, 2.05) is 6.92 Å². The molecule has 4 rings (SSSR count). The summed E-state index contributed by atoms with van der Waals surface area (Å²) in [6, 6.07) is 10.9. The molecular weight excluding hydrogens is 588 g/mol. The zero-order valence-electron chi connectivity index (χ0n) is 25.9. The number of methoxy groups -OCH3 is 1. The van der Waals surface area contributed by atoms with Crippen LogP contribution < -0.4 is 14.8 Å². The van der Waals surface area contributed by atoms with Crippen molar-refractivity contribution in [2.45, 2.75) is 43.7 Å². The van der Waals surface area contributed by atoms with Crippen LogP contribution in [0, 0.1) is 5.92 Å². The van der Waals surface area contributed by atoms with Crippen LogP contribution in [0.2, 0.25) is 0 Å². The van der Waals surface area contributed by atoms with Gasteiger partial charge in [0.05, 0.1) is 50.8 Å². The number of fused-ring (bicyclic) bond motifs is 1. The zero-order valence-corrected chi connectivity index (χ0v) is 26.7. The van der Waals surface area contributed by atoms with Crippen LogP contribution >= 0.6 is 0 Å². The number of likely N-dealkylation sites (N-methyl/N-ethyl adjacent to an activating group) is 1. The highest BCUT2D eigenvalue weighted by Crippen LogP contribution is 2.30. The Morgan fingerprint density at radius 1 is 1.18 bits per heavy atom. The first-order valence-corrected chi connectivity index (χ1v) is 16.4. The van der Waals surface area contributed by atoms with Crippen molar-refractivity contribution in [2.75, 3.05) is 72.0 Å². The van der Waals surface area contributed by atoms with Gasteiger partial charge in [-0.05, 0) is 49.4 Å². The number of hydrogen-bond donors (Lipinski definition) is 2. The summed E-state index contributed by atoms with van der Waals surface area (Å²) in [6.45, 7) is 7.27. The Balaban J connectivity index is 1.55. The van der Waals surface area contributed by atoms with Crippen LogP contribution in [0.25, 0.3) is 0 Å². The smallest absolute Gasteiger partial charge is 0.242 e. The summed E-state index contributed by atoms with van der Waals surface area (Å²) in [4.78, 5) is 30.2. The molecule has 0 unspecified atom stereocenters. The van der Waals surface area contributed by atoms with E-state index >= 15 is 0 Å². The van der Waals surface area contributed by atoms with Crippen LogP contribution in [0.4, 0.5) is 5.69 Å². The average Bonchev–Trinajstić information content (AvgIpc) is 3.07. The lowest BCUT2D eigenvalue weighted by molar-refractivity contribution is -0.134. The second-order valence-corrected chi connectivity index (χ2v) is 13.5. The largest absolute Gasteiger partial charge is 0.497 e. The van der Waals surface area contributed by atoms with E-state index in [9.17, 15) is 23.1 Å². The third kappa shape index (κ3) is 8.48. The van der Waals surface area contributed by atoms with Crippen LogP contribution in [-0.2, 0) is 30.8 Å². The quantitative estimate of drug-likeness (QED) is 0.380. The number of hydrogen-bond acceptors (Lipinski definition) is 9. The first kappa shape index (κ1) is 33.7. The molecule has 2 heterocycles. The second kappa shape index (κ2) is 15.2. The maximum absolute atomic E-state index is 13.5. The number of amides is 2. The number of aliphatic hydroxyl groups is 1. The maximum atomic E-state index is 13.5. The van der Waals surface area contributed by atoms with Gasteiger partial charge >= 0.3 is 0 Å². The number of carbonyl (C=O) groups is 2. The van der Waals surface area contributed by atoms with Gasteiger partial charge < -0.3 is 29.5 Å². The third-order valence-corrected chi connectivity index (χ3v) is 10.0. The minimum Gasteiger partial charge on any atom is -0.497 e. The number of morpholine rings is 1. The maximum Gasteiger partial charge on any atom is 0.242 e. The lowest BCUT2D eigenvalue weighted by Gasteiger charge is -2.33. The Bertz CT molecular complexity index is 1380. The number of ether oxygens (including phenoxy) is 3. The number of benzene rings is 2. The molecule has 13 heteroatoms. The summed E-state index contributed by atoms with van der Waals surface area (Å²) in [5.74, 6) is 0.368. The molecular formula is C31H44N4O8S. The highest BCUT2D eigenvalue weighted by molar-refractivity contribution is 7.89. The number of nitrogens with zero attached hydrogens (tertiary/aromatic N) is 3. The van der Waals surface area contributed by atoms with E-state index in [-0.39, 0.29) is 48.7 Å². The molecule has 3 atom stereocenters. The Morgan fingerprint density at radius 3 is 2.55 bits per heavy atom. The molecule has 2 aromatic rings. The lowest BCUT2D eigenvalue weighted by Crippen LogP contribution is -2.48. The van der Waals surface area contributed by atoms with E-state index in [0.29, 0.717) is 48.9 Å². The third-order valence-electron chi connectivity index (χ3n) is 8.16. The van der Waals surface area contributed by atoms with Gasteiger partial charge in [-0.3, -0.25) is 14.5 Å². The molecule has 0 bridgehead atoms. The Morgan fingerprint density at radius 2 is 1.89 bits per heavy atom. The van der Waals surface area contributed by atoms with Gasteiger partial charge in [0.1, 0.15) is 17.6 Å². The van der Waals surface area contributed by atoms with Crippen LogP contribution in [0.15, 0.2) is 47.4 Å². The standard InChI is InChI=1S/C31H44N4O8S/c1-22-19-35(23(2)21-36)31(38)18-24-17-25(32-30(37)11-12-34-13-15-42-16-14-34)5-10-28(24)43-29(22)20-33(3)44(39,40)27-8-6-26(41-4)7-9-27/h5-10,17,22-23,29,36H,11-16,18-21H2,1-4H3,(H,32,37)/t22-,23+,29-/m1/s1. The molecule has 1 fully saturated rings. The summed E-state index contributed by atoms with van der Waals surface area (Å²) in [6.07, 6.45) is -0.306. The Labute approximate surface area is 259 Å². The van der Waals surface area contributed by atoms with Crippen molar-refractivity contribution in [3.05, 3.63) is 48.0 Å². The fraction of sp³-hybridized carbons (Fsp3) is 0.548. The van der Waals surface area contributed by atoms with E-state index in [4.69, 9.17) is 14.2 Å². The Hall–Kier alpha value is -3.23. The molecule has 2 amide bonds. The highest BCUT2D eigenvalue weighted by Gasteiger charge is 2.33. The van der Waals surface area contributed by atoms with E-state index in [1.165, 1.54) is 30.6 Å². The summed E-state index contributed by atoms with van der Waals surface area (Å²) < 4.78 is 45.1. The molecule has 2 aromatic carbocycles. The number of nitrogens with one attached hydrogen (secondary N) is 1. The summed E-state index contributed by atoms with van der Waals surface area (Å²) in [5.41, 5.74) is 1.10. The van der Waals surface area contributed by atoms with Crippen molar-refractivity contribution in [1.82, 2.24) is 14.1 Å². The topological polar surface area (TPSA) is 138 Å². The van der Waals surface area contributed by atoms with Gasteiger partial charge in [-0.1, -0.05) is 6.92 Å². The highest BCUT2D eigenvalue weighted by atomic mass is 32.2. The van der Waals surface area contributed by atoms with Gasteiger partial charge in [-0.15, -0.1) is 0 Å². The summed E-state index contributed by atoms with van der Waals surface area (Å²) >= 11 is 0. The van der Waals surface area contributed by atoms with Gasteiger partial charge in [-0.25, -0.2) is 8.42 Å². The van der Waals surface area contributed by atoms with Crippen molar-refractivity contribution >= 4 is 27.5 Å². The number of rotatable bonds is 11. The minimum atomic E-state index is -3.85. The van der Waals surface area contributed by atoms with E-state index < -0.39 is 22.2 Å². The number of anilines is 1. The van der Waals surface area contributed by atoms with E-state index in [2.05, 4.69) is 10.2 Å². The van der Waals surface area contributed by atoms with Crippen molar-refractivity contribution in [3.8, 4) is 11.5 Å². The van der Waals surface area contributed by atoms with E-state index in [1.54, 1.807) is 42.2 Å². The molecule has 44 heavy (non-hydrogen) atoms. The Kier molecular flexibility index (Phi) is 11.6. The van der Waals surface area contributed by atoms with Gasteiger partial charge in [0.2, 0.25) is 21.8 Å². The van der Waals surface area contributed by atoms with Crippen LogP contribution in [0.3, 0.4) is 0 Å². The van der Waals surface area contributed by atoms with E-state index in [0.717, 1.165) is 13.1 Å². The molecule has 2 N–H and O–H groups in total. The minimum absolute atomic E-state index is 0.00339. The fourth-order valence-corrected chi connectivity index (χ4v) is 6.50. The lowest BCUT2D eigenvalue weighted by atomic mass is 10.0. The van der Waals surface area contributed by atoms with Gasteiger partial charge in [-0.2, -0.15) is 4.31 Å². The van der Waals surface area contributed by atoms with Gasteiger partial charge in [0.15, 0.2) is 0 Å². The van der Waals surface area contributed by atoms with Crippen LogP contribution in [0.5, 0.6) is 11.5 Å². The zero-order chi connectivity index (χ0) is 31.9. The first-order chi connectivity index (χ1) is 21.0. The molecule has 1 saturated heterocycles. The molecule has 0 spiro atoms. The second-order valence-electron chi connectivity index (χ2n) is 11.4. The summed E-state index contributed by atoms with van der Waals surface area (Å²) in [7, 11) is -0.844. The molecule has 0 aliphatic carbocycles. The number of aliphatic hydroxyl groups excluding tert-OH is 1. The molecule has 0 aromatic heterocycles. The average molecular weight is 633 g/mol. The SMILES string of the molecule is COc1ccc(S(=O)(=O)N(C)C[C@H]2Oc3ccc(NC(=O)CCN4CCOCC4)cc3CC(=O)N([C@@H](C)CO)C[C@H]2C)cc1. The van der Waals surface area contributed by atoms with Crippen molar-refractivity contribution < 1.29 is 37.3 Å². The fourth-order valence-electron chi connectivity index (χ4n) is 5.31. The molecule has 0 saturated carbocycles. The molecule has 242 valence electrons. The molecule has 2 aliphatic heterocycles. The van der Waals surface area contributed by atoms with Crippen molar-refractivity contribution in [1.29, 1.82) is 0 Å². The number of sulfonamides is 1. The van der Waals surface area contributed by atoms with Crippen molar-refractivity contribution in [3.63, 3.8) is 0 Å². The van der Waals surface area contributed by atoms with Crippen molar-refractivity contribution in [2.24, 2.45) is 5.92 Å². The first-order valence-electron chi connectivity index (χ1n) is 14.9.